The Hall–Kier alpha value is -1.71. The molecule has 1 saturated heterocycles. The molecule has 116 valence electrons. The molecule has 4 nitrogen and oxygen atoms in total. The number of nitrogens with two attached hydrogens (primary N) is 1. The molecule has 1 aliphatic rings. The van der Waals surface area contributed by atoms with Gasteiger partial charge in [0, 0.05) is 18.7 Å². The second-order valence-corrected chi connectivity index (χ2v) is 6.18. The van der Waals surface area contributed by atoms with Gasteiger partial charge in [-0.1, -0.05) is 13.8 Å². The molecule has 1 amide bonds. The van der Waals surface area contributed by atoms with E-state index in [9.17, 15) is 4.79 Å². The fourth-order valence-corrected chi connectivity index (χ4v) is 3.04. The highest BCUT2D eigenvalue weighted by Crippen LogP contribution is 2.27. The number of ether oxygens (including phenoxy) is 1. The van der Waals surface area contributed by atoms with Crippen LogP contribution in [0.25, 0.3) is 0 Å². The molecule has 1 unspecified atom stereocenters. The molecule has 0 spiro atoms. The lowest BCUT2D eigenvalue weighted by molar-refractivity contribution is 0.0759. The van der Waals surface area contributed by atoms with E-state index in [2.05, 4.69) is 13.8 Å². The lowest BCUT2D eigenvalue weighted by atomic mass is 9.89. The van der Waals surface area contributed by atoms with Crippen molar-refractivity contribution in [1.82, 2.24) is 4.90 Å². The molecule has 21 heavy (non-hydrogen) atoms. The minimum atomic E-state index is 0.0776. The van der Waals surface area contributed by atoms with Crippen LogP contribution in [-0.4, -0.2) is 31.0 Å². The first kappa shape index (κ1) is 15.7. The predicted octanol–water partition coefficient (Wildman–Crippen LogP) is 3.18. The van der Waals surface area contributed by atoms with Gasteiger partial charge < -0.3 is 15.4 Å². The average molecular weight is 290 g/mol. The van der Waals surface area contributed by atoms with E-state index >= 15 is 0 Å². The molecule has 0 bridgehead atoms. The number of amides is 1. The normalized spacial score (nSPS) is 19.4. The molecule has 1 aliphatic heterocycles. The van der Waals surface area contributed by atoms with Gasteiger partial charge in [0.2, 0.25) is 0 Å². The van der Waals surface area contributed by atoms with E-state index in [0.717, 1.165) is 31.8 Å². The van der Waals surface area contributed by atoms with Gasteiger partial charge in [-0.3, -0.25) is 4.79 Å². The van der Waals surface area contributed by atoms with Gasteiger partial charge in [0.15, 0.2) is 0 Å². The number of nitrogens with zero attached hydrogens (tertiary/aromatic N) is 1. The van der Waals surface area contributed by atoms with Crippen LogP contribution in [0.1, 0.15) is 43.5 Å². The zero-order valence-electron chi connectivity index (χ0n) is 13.3. The Morgan fingerprint density at radius 1 is 1.33 bits per heavy atom. The summed E-state index contributed by atoms with van der Waals surface area (Å²) in [7, 11) is 1.58. The number of rotatable bonds is 3. The van der Waals surface area contributed by atoms with Crippen LogP contribution in [0.15, 0.2) is 18.2 Å². The summed E-state index contributed by atoms with van der Waals surface area (Å²) in [5, 5.41) is 0. The van der Waals surface area contributed by atoms with Crippen LogP contribution in [0.2, 0.25) is 0 Å². The molecule has 0 aromatic heterocycles. The fraction of sp³-hybridized carbons (Fsp3) is 0.588. The Kier molecular flexibility index (Phi) is 5.10. The first-order valence-corrected chi connectivity index (χ1v) is 7.75. The van der Waals surface area contributed by atoms with Crippen LogP contribution in [0.5, 0.6) is 5.75 Å². The van der Waals surface area contributed by atoms with Crippen molar-refractivity contribution in [3.05, 3.63) is 23.8 Å². The maximum Gasteiger partial charge on any atom is 0.253 e. The molecule has 0 radical (unpaired) electrons. The predicted molar refractivity (Wildman–Crippen MR) is 85.5 cm³/mol. The third-order valence-electron chi connectivity index (χ3n) is 4.48. The van der Waals surface area contributed by atoms with Gasteiger partial charge in [-0.15, -0.1) is 0 Å². The van der Waals surface area contributed by atoms with E-state index in [0.29, 0.717) is 22.9 Å². The molecule has 0 aliphatic carbocycles. The Morgan fingerprint density at radius 2 is 2.10 bits per heavy atom. The van der Waals surface area contributed by atoms with Gasteiger partial charge in [-0.25, -0.2) is 0 Å². The number of carbonyl (C=O) groups excluding carboxylic acids is 1. The van der Waals surface area contributed by atoms with Crippen LogP contribution >= 0.6 is 0 Å². The van der Waals surface area contributed by atoms with Gasteiger partial charge in [0.05, 0.1) is 12.8 Å². The third kappa shape index (κ3) is 3.69. The summed E-state index contributed by atoms with van der Waals surface area (Å²) in [4.78, 5) is 14.6. The molecule has 1 heterocycles. The van der Waals surface area contributed by atoms with Gasteiger partial charge >= 0.3 is 0 Å². The lowest BCUT2D eigenvalue weighted by Gasteiger charge is -2.22. The van der Waals surface area contributed by atoms with Crippen LogP contribution in [0, 0.1) is 11.8 Å². The van der Waals surface area contributed by atoms with Crippen molar-refractivity contribution >= 4 is 11.6 Å². The van der Waals surface area contributed by atoms with Crippen LogP contribution < -0.4 is 10.5 Å². The van der Waals surface area contributed by atoms with Gasteiger partial charge in [0.25, 0.3) is 5.91 Å². The number of anilines is 1. The molecule has 1 aromatic carbocycles. The Balaban J connectivity index is 2.07. The van der Waals surface area contributed by atoms with E-state index < -0.39 is 0 Å². The fourth-order valence-electron chi connectivity index (χ4n) is 3.04. The van der Waals surface area contributed by atoms with Crippen molar-refractivity contribution in [1.29, 1.82) is 0 Å². The highest BCUT2D eigenvalue weighted by Gasteiger charge is 2.23. The molecule has 1 atom stereocenters. The van der Waals surface area contributed by atoms with E-state index in [4.69, 9.17) is 10.5 Å². The van der Waals surface area contributed by atoms with Crippen LogP contribution in [0.4, 0.5) is 5.69 Å². The standard InChI is InChI=1S/C17H26N2O2/c1-12(2)13-5-4-9-19(10-8-13)17(20)14-6-7-16(21-3)15(18)11-14/h6-7,11-13H,4-5,8-10,18H2,1-3H3. The van der Waals surface area contributed by atoms with Crippen molar-refractivity contribution in [2.45, 2.75) is 33.1 Å². The molecule has 2 rings (SSSR count). The lowest BCUT2D eigenvalue weighted by Crippen LogP contribution is -2.32. The molecule has 0 saturated carbocycles. The first-order valence-electron chi connectivity index (χ1n) is 7.75. The molecule has 1 aromatic rings. The van der Waals surface area contributed by atoms with E-state index in [1.54, 1.807) is 25.3 Å². The average Bonchev–Trinajstić information content (AvgIpc) is 2.72. The number of benzene rings is 1. The second kappa shape index (κ2) is 6.83. The number of hydrogen-bond acceptors (Lipinski definition) is 3. The number of nitrogen functional groups attached to an aromatic ring is 1. The van der Waals surface area contributed by atoms with Crippen molar-refractivity contribution < 1.29 is 9.53 Å². The highest BCUT2D eigenvalue weighted by molar-refractivity contribution is 5.95. The third-order valence-corrected chi connectivity index (χ3v) is 4.48. The van der Waals surface area contributed by atoms with Crippen molar-refractivity contribution in [3.8, 4) is 5.75 Å². The van der Waals surface area contributed by atoms with Crippen LogP contribution in [-0.2, 0) is 0 Å². The largest absolute Gasteiger partial charge is 0.495 e. The van der Waals surface area contributed by atoms with Gasteiger partial charge in [0.1, 0.15) is 5.75 Å². The first-order chi connectivity index (χ1) is 10.0. The van der Waals surface area contributed by atoms with E-state index in [1.165, 1.54) is 6.42 Å². The number of carbonyl (C=O) groups is 1. The summed E-state index contributed by atoms with van der Waals surface area (Å²) < 4.78 is 5.14. The molecule has 1 fully saturated rings. The summed E-state index contributed by atoms with van der Waals surface area (Å²) in [6.07, 6.45) is 3.39. The minimum Gasteiger partial charge on any atom is -0.495 e. The second-order valence-electron chi connectivity index (χ2n) is 6.18. The maximum atomic E-state index is 12.6. The summed E-state index contributed by atoms with van der Waals surface area (Å²) in [6, 6.07) is 5.27. The van der Waals surface area contributed by atoms with Crippen molar-refractivity contribution in [2.75, 3.05) is 25.9 Å². The topological polar surface area (TPSA) is 55.6 Å². The van der Waals surface area contributed by atoms with E-state index in [-0.39, 0.29) is 5.91 Å². The highest BCUT2D eigenvalue weighted by atomic mass is 16.5. The van der Waals surface area contributed by atoms with Crippen molar-refractivity contribution in [3.63, 3.8) is 0 Å². The van der Waals surface area contributed by atoms with E-state index in [1.807, 2.05) is 4.90 Å². The van der Waals surface area contributed by atoms with Crippen molar-refractivity contribution in [2.24, 2.45) is 11.8 Å². The monoisotopic (exact) mass is 290 g/mol. The Morgan fingerprint density at radius 3 is 2.71 bits per heavy atom. The summed E-state index contributed by atoms with van der Waals surface area (Å²) in [5.74, 6) is 2.11. The summed E-state index contributed by atoms with van der Waals surface area (Å²) in [5.41, 5.74) is 7.06. The Labute approximate surface area is 127 Å². The zero-order valence-corrected chi connectivity index (χ0v) is 13.3. The molecular formula is C17H26N2O2. The maximum absolute atomic E-state index is 12.6. The molecular weight excluding hydrogens is 264 g/mol. The molecule has 4 heteroatoms. The SMILES string of the molecule is COc1ccc(C(=O)N2CCCC(C(C)C)CC2)cc1N. The smallest absolute Gasteiger partial charge is 0.253 e. The number of hydrogen-bond donors (Lipinski definition) is 1. The summed E-state index contributed by atoms with van der Waals surface area (Å²) in [6.45, 7) is 6.22. The quantitative estimate of drug-likeness (QED) is 0.870. The van der Waals surface area contributed by atoms with Gasteiger partial charge in [-0.2, -0.15) is 0 Å². The zero-order chi connectivity index (χ0) is 15.4. The van der Waals surface area contributed by atoms with Crippen LogP contribution in [0.3, 0.4) is 0 Å². The molecule has 2 N–H and O–H groups in total. The van der Waals surface area contributed by atoms with Gasteiger partial charge in [-0.05, 0) is 49.3 Å². The Bertz CT molecular complexity index is 500. The minimum absolute atomic E-state index is 0.0776. The summed E-state index contributed by atoms with van der Waals surface area (Å²) >= 11 is 0. The number of likely N-dealkylation sites (tertiary alicyclic amines) is 1. The number of methoxy groups -OCH3 is 1.